The quantitative estimate of drug-likeness (QED) is 0.854. The zero-order chi connectivity index (χ0) is 18.1. The Labute approximate surface area is 143 Å². The van der Waals surface area contributed by atoms with E-state index in [-0.39, 0.29) is 22.3 Å². The van der Waals surface area contributed by atoms with E-state index < -0.39 is 0 Å². The number of aromatic hydroxyl groups is 2. The highest BCUT2D eigenvalue weighted by molar-refractivity contribution is 5.51. The molecule has 4 nitrogen and oxygen atoms in total. The van der Waals surface area contributed by atoms with E-state index >= 15 is 0 Å². The van der Waals surface area contributed by atoms with Crippen LogP contribution < -0.4 is 9.47 Å². The van der Waals surface area contributed by atoms with Crippen LogP contribution in [-0.2, 0) is 10.8 Å². The average Bonchev–Trinajstić information content (AvgIpc) is 2.53. The van der Waals surface area contributed by atoms with Crippen molar-refractivity contribution >= 4 is 0 Å². The van der Waals surface area contributed by atoms with Gasteiger partial charge in [-0.05, 0) is 12.1 Å². The molecule has 2 aromatic carbocycles. The topological polar surface area (TPSA) is 58.9 Å². The molecule has 0 amide bonds. The van der Waals surface area contributed by atoms with Crippen LogP contribution >= 0.6 is 0 Å². The third kappa shape index (κ3) is 2.88. The van der Waals surface area contributed by atoms with Crippen molar-refractivity contribution in [3.8, 4) is 23.0 Å². The molecule has 0 radical (unpaired) electrons. The Hall–Kier alpha value is -2.36. The minimum Gasteiger partial charge on any atom is -0.508 e. The zero-order valence-corrected chi connectivity index (χ0v) is 15.2. The Bertz CT molecular complexity index is 669. The Morgan fingerprint density at radius 1 is 0.667 bits per heavy atom. The summed E-state index contributed by atoms with van der Waals surface area (Å²) in [6.07, 6.45) is 0. The third-order valence-electron chi connectivity index (χ3n) is 5.28. The lowest BCUT2D eigenvalue weighted by molar-refractivity contribution is 0.277. The molecule has 0 bridgehead atoms. The fraction of sp³-hybridized carbons (Fsp3) is 0.400. The molecule has 4 heteroatoms. The van der Waals surface area contributed by atoms with Gasteiger partial charge in [-0.15, -0.1) is 0 Å². The number of phenols is 2. The summed E-state index contributed by atoms with van der Waals surface area (Å²) in [5, 5.41) is 19.5. The normalized spacial score (nSPS) is 12.1. The Kier molecular flexibility index (Phi) is 4.70. The molecule has 0 atom stereocenters. The zero-order valence-electron chi connectivity index (χ0n) is 15.2. The van der Waals surface area contributed by atoms with Crippen LogP contribution in [0, 0.1) is 0 Å². The Morgan fingerprint density at radius 3 is 1.29 bits per heavy atom. The molecule has 0 saturated heterocycles. The molecular weight excluding hydrogens is 304 g/mol. The van der Waals surface area contributed by atoms with Crippen LogP contribution in [0.2, 0.25) is 0 Å². The molecule has 0 fully saturated rings. The molecular formula is C20H26O4. The number of hydrogen-bond donors (Lipinski definition) is 2. The minimum absolute atomic E-state index is 0.173. The van der Waals surface area contributed by atoms with Crippen LogP contribution in [0.3, 0.4) is 0 Å². The van der Waals surface area contributed by atoms with Crippen molar-refractivity contribution in [1.29, 1.82) is 0 Å². The summed E-state index contributed by atoms with van der Waals surface area (Å²) in [4.78, 5) is 0. The van der Waals surface area contributed by atoms with Gasteiger partial charge in [-0.2, -0.15) is 0 Å². The maximum atomic E-state index is 9.74. The fourth-order valence-electron chi connectivity index (χ4n) is 3.07. The van der Waals surface area contributed by atoms with Gasteiger partial charge in [0, 0.05) is 34.1 Å². The van der Waals surface area contributed by atoms with Gasteiger partial charge in [0.1, 0.15) is 23.0 Å². The lowest BCUT2D eigenvalue weighted by Gasteiger charge is -2.43. The van der Waals surface area contributed by atoms with Crippen molar-refractivity contribution in [2.24, 2.45) is 0 Å². The summed E-state index contributed by atoms with van der Waals surface area (Å²) in [5.41, 5.74) is 1.30. The Morgan fingerprint density at radius 2 is 1.00 bits per heavy atom. The first-order valence-electron chi connectivity index (χ1n) is 7.90. The van der Waals surface area contributed by atoms with Crippen molar-refractivity contribution in [2.75, 3.05) is 14.2 Å². The summed E-state index contributed by atoms with van der Waals surface area (Å²) >= 11 is 0. The first-order chi connectivity index (χ1) is 11.1. The second-order valence-corrected chi connectivity index (χ2v) is 7.02. The van der Waals surface area contributed by atoms with E-state index in [1.165, 1.54) is 0 Å². The van der Waals surface area contributed by atoms with E-state index in [0.717, 1.165) is 11.1 Å². The van der Waals surface area contributed by atoms with Crippen LogP contribution in [0.25, 0.3) is 0 Å². The number of benzene rings is 2. The highest BCUT2D eigenvalue weighted by Crippen LogP contribution is 2.49. The first-order valence-corrected chi connectivity index (χ1v) is 7.90. The second kappa shape index (κ2) is 6.27. The number of methoxy groups -OCH3 is 2. The molecule has 130 valence electrons. The lowest BCUT2D eigenvalue weighted by Crippen LogP contribution is -2.40. The van der Waals surface area contributed by atoms with Crippen molar-refractivity contribution in [3.63, 3.8) is 0 Å². The summed E-state index contributed by atoms with van der Waals surface area (Å²) in [5.74, 6) is 1.63. The molecule has 0 aliphatic rings. The van der Waals surface area contributed by atoms with Crippen molar-refractivity contribution in [3.05, 3.63) is 47.5 Å². The molecule has 2 rings (SSSR count). The first kappa shape index (κ1) is 18.0. The third-order valence-corrected chi connectivity index (χ3v) is 5.28. The van der Waals surface area contributed by atoms with Gasteiger partial charge in [0.05, 0.1) is 14.2 Å². The van der Waals surface area contributed by atoms with E-state index in [1.807, 2.05) is 12.1 Å². The van der Waals surface area contributed by atoms with Crippen LogP contribution in [0.1, 0.15) is 38.8 Å². The minimum atomic E-state index is -0.337. The monoisotopic (exact) mass is 330 g/mol. The molecule has 2 aromatic rings. The predicted molar refractivity (Wildman–Crippen MR) is 95.4 cm³/mol. The molecule has 0 unspecified atom stereocenters. The summed E-state index contributed by atoms with van der Waals surface area (Å²) in [7, 11) is 3.20. The number of phenolic OH excluding ortho intramolecular Hbond substituents is 2. The van der Waals surface area contributed by atoms with E-state index in [2.05, 4.69) is 27.7 Å². The van der Waals surface area contributed by atoms with Gasteiger partial charge in [0.2, 0.25) is 0 Å². The van der Waals surface area contributed by atoms with Crippen molar-refractivity contribution in [1.82, 2.24) is 0 Å². The van der Waals surface area contributed by atoms with Gasteiger partial charge in [-0.3, -0.25) is 0 Å². The smallest absolute Gasteiger partial charge is 0.126 e. The molecule has 0 aromatic heterocycles. The fourth-order valence-corrected chi connectivity index (χ4v) is 3.07. The van der Waals surface area contributed by atoms with E-state index in [4.69, 9.17) is 9.47 Å². The largest absolute Gasteiger partial charge is 0.508 e. The SMILES string of the molecule is COc1cc(O)ccc1C(C)(C)C(C)(C)c1ccc(O)cc1OC. The highest BCUT2D eigenvalue weighted by Gasteiger charge is 2.43. The van der Waals surface area contributed by atoms with E-state index in [0.29, 0.717) is 11.5 Å². The standard InChI is InChI=1S/C20H26O4/c1-19(2,15-9-7-13(21)11-17(15)23-5)20(3,4)16-10-8-14(22)12-18(16)24-6/h7-12,21-22H,1-6H3. The summed E-state index contributed by atoms with van der Waals surface area (Å²) in [6, 6.07) is 10.4. The van der Waals surface area contributed by atoms with Crippen molar-refractivity contribution in [2.45, 2.75) is 38.5 Å². The summed E-state index contributed by atoms with van der Waals surface area (Å²) < 4.78 is 11.0. The van der Waals surface area contributed by atoms with Gasteiger partial charge in [-0.25, -0.2) is 0 Å². The van der Waals surface area contributed by atoms with E-state index in [1.54, 1.807) is 38.5 Å². The number of ether oxygens (including phenoxy) is 2. The maximum Gasteiger partial charge on any atom is 0.126 e. The van der Waals surface area contributed by atoms with Crippen LogP contribution in [0.4, 0.5) is 0 Å². The molecule has 0 aliphatic carbocycles. The number of hydrogen-bond acceptors (Lipinski definition) is 4. The van der Waals surface area contributed by atoms with Gasteiger partial charge in [-0.1, -0.05) is 39.8 Å². The molecule has 0 aliphatic heterocycles. The second-order valence-electron chi connectivity index (χ2n) is 7.02. The number of rotatable bonds is 5. The summed E-state index contributed by atoms with van der Waals surface area (Å²) in [6.45, 7) is 8.53. The van der Waals surface area contributed by atoms with Crippen LogP contribution in [-0.4, -0.2) is 24.4 Å². The van der Waals surface area contributed by atoms with Gasteiger partial charge < -0.3 is 19.7 Å². The molecule has 0 saturated carbocycles. The average molecular weight is 330 g/mol. The van der Waals surface area contributed by atoms with Gasteiger partial charge in [0.15, 0.2) is 0 Å². The highest BCUT2D eigenvalue weighted by atomic mass is 16.5. The predicted octanol–water partition coefficient (Wildman–Crippen LogP) is 4.37. The van der Waals surface area contributed by atoms with E-state index in [9.17, 15) is 10.2 Å². The molecule has 0 spiro atoms. The lowest BCUT2D eigenvalue weighted by atomic mass is 9.60. The Balaban J connectivity index is 2.63. The molecule has 0 heterocycles. The molecule has 2 N–H and O–H groups in total. The van der Waals surface area contributed by atoms with Gasteiger partial charge in [0.25, 0.3) is 0 Å². The van der Waals surface area contributed by atoms with Crippen molar-refractivity contribution < 1.29 is 19.7 Å². The maximum absolute atomic E-state index is 9.74. The van der Waals surface area contributed by atoms with Crippen LogP contribution in [0.5, 0.6) is 23.0 Å². The molecule has 24 heavy (non-hydrogen) atoms. The van der Waals surface area contributed by atoms with Crippen LogP contribution in [0.15, 0.2) is 36.4 Å². The van der Waals surface area contributed by atoms with Gasteiger partial charge >= 0.3 is 0 Å².